The quantitative estimate of drug-likeness (QED) is 0.732. The molecule has 0 saturated heterocycles. The van der Waals surface area contributed by atoms with Crippen molar-refractivity contribution in [1.82, 2.24) is 0 Å². The summed E-state index contributed by atoms with van der Waals surface area (Å²) >= 11 is 1.45. The van der Waals surface area contributed by atoms with Gasteiger partial charge in [0.2, 0.25) is 0 Å². The smallest absolute Gasteiger partial charge is 0.303 e. The van der Waals surface area contributed by atoms with Crippen molar-refractivity contribution in [2.75, 3.05) is 12.4 Å². The Bertz CT molecular complexity index is 704. The first-order valence-electron chi connectivity index (χ1n) is 7.44. The lowest BCUT2D eigenvalue weighted by Crippen LogP contribution is -2.21. The minimum Gasteiger partial charge on any atom is -0.481 e. The fourth-order valence-electron chi connectivity index (χ4n) is 2.52. The number of carboxylic acid groups (broad SMARTS) is 1. The Morgan fingerprint density at radius 1 is 1.17 bits per heavy atom. The van der Waals surface area contributed by atoms with Crippen LogP contribution in [0, 0.1) is 5.41 Å². The van der Waals surface area contributed by atoms with Gasteiger partial charge in [-0.3, -0.25) is 9.59 Å². The zero-order chi connectivity index (χ0) is 17.0. The molecule has 122 valence electrons. The van der Waals surface area contributed by atoms with E-state index in [4.69, 9.17) is 5.11 Å². The van der Waals surface area contributed by atoms with Crippen molar-refractivity contribution in [3.63, 3.8) is 0 Å². The summed E-state index contributed by atoms with van der Waals surface area (Å²) in [5, 5.41) is 12.0. The second kappa shape index (κ2) is 6.96. The number of carboxylic acids is 1. The van der Waals surface area contributed by atoms with E-state index < -0.39 is 11.4 Å². The van der Waals surface area contributed by atoms with Crippen molar-refractivity contribution < 1.29 is 14.7 Å². The maximum Gasteiger partial charge on any atom is 0.303 e. The van der Waals surface area contributed by atoms with E-state index >= 15 is 0 Å². The van der Waals surface area contributed by atoms with E-state index in [-0.39, 0.29) is 18.6 Å². The first-order valence-corrected chi connectivity index (χ1v) is 8.26. The van der Waals surface area contributed by atoms with Crippen molar-refractivity contribution in [3.8, 4) is 10.4 Å². The topological polar surface area (TPSA) is 66.4 Å². The van der Waals surface area contributed by atoms with Crippen LogP contribution < -0.4 is 5.32 Å². The summed E-state index contributed by atoms with van der Waals surface area (Å²) in [4.78, 5) is 25.2. The molecule has 0 atom stereocenters. The molecule has 23 heavy (non-hydrogen) atoms. The van der Waals surface area contributed by atoms with E-state index in [1.165, 1.54) is 11.3 Å². The highest BCUT2D eigenvalue weighted by molar-refractivity contribution is 7.18. The number of carbonyl (C=O) groups is 2. The van der Waals surface area contributed by atoms with Gasteiger partial charge in [0.25, 0.3) is 0 Å². The van der Waals surface area contributed by atoms with Crippen LogP contribution in [0.4, 0.5) is 5.69 Å². The maximum atomic E-state index is 12.6. The molecule has 4 nitrogen and oxygen atoms in total. The zero-order valence-corrected chi connectivity index (χ0v) is 14.4. The van der Waals surface area contributed by atoms with E-state index in [9.17, 15) is 9.59 Å². The van der Waals surface area contributed by atoms with E-state index in [1.807, 2.05) is 50.2 Å². The van der Waals surface area contributed by atoms with Gasteiger partial charge >= 0.3 is 5.97 Å². The van der Waals surface area contributed by atoms with Crippen LogP contribution in [0.5, 0.6) is 0 Å². The van der Waals surface area contributed by atoms with Crippen molar-refractivity contribution in [1.29, 1.82) is 0 Å². The van der Waals surface area contributed by atoms with Crippen LogP contribution in [0.3, 0.4) is 0 Å². The molecule has 0 aliphatic heterocycles. The lowest BCUT2D eigenvalue weighted by atomic mass is 9.83. The number of hydrogen-bond acceptors (Lipinski definition) is 4. The van der Waals surface area contributed by atoms with Crippen LogP contribution in [0.25, 0.3) is 10.4 Å². The molecular formula is C18H21NO3S. The van der Waals surface area contributed by atoms with Gasteiger partial charge in [0.15, 0.2) is 5.78 Å². The van der Waals surface area contributed by atoms with Gasteiger partial charge in [0.1, 0.15) is 0 Å². The fraction of sp³-hybridized carbons (Fsp3) is 0.333. The number of aliphatic carboxylic acids is 1. The van der Waals surface area contributed by atoms with Gasteiger partial charge in [-0.25, -0.2) is 0 Å². The number of Topliss-reactive ketones (excluding diaryl/α,β-unsaturated/α-hetero) is 1. The van der Waals surface area contributed by atoms with E-state index in [0.29, 0.717) is 4.88 Å². The number of hydrogen-bond donors (Lipinski definition) is 2. The monoisotopic (exact) mass is 331 g/mol. The van der Waals surface area contributed by atoms with Gasteiger partial charge in [0, 0.05) is 18.3 Å². The Labute approximate surface area is 140 Å². The first-order chi connectivity index (χ1) is 10.8. The normalized spacial score (nSPS) is 11.3. The minimum atomic E-state index is -0.882. The zero-order valence-electron chi connectivity index (χ0n) is 13.6. The van der Waals surface area contributed by atoms with Crippen LogP contribution in [0.1, 0.15) is 36.4 Å². The molecule has 2 N–H and O–H groups in total. The van der Waals surface area contributed by atoms with Crippen molar-refractivity contribution in [2.24, 2.45) is 5.41 Å². The Morgan fingerprint density at radius 2 is 1.83 bits per heavy atom. The summed E-state index contributed by atoms with van der Waals surface area (Å²) in [6.07, 6.45) is 0.188. The first kappa shape index (κ1) is 17.2. The Balaban J connectivity index is 2.27. The number of rotatable bonds is 7. The highest BCUT2D eigenvalue weighted by Gasteiger charge is 2.28. The SMILES string of the molecule is CNc1cc(-c2ccccc2)sc1C(=O)CC(C)(C)CC(=O)O. The second-order valence-corrected chi connectivity index (χ2v) is 7.36. The Hall–Kier alpha value is -2.14. The molecule has 0 aliphatic carbocycles. The molecular weight excluding hydrogens is 310 g/mol. The molecule has 2 aromatic rings. The van der Waals surface area contributed by atoms with Gasteiger partial charge in [-0.05, 0) is 17.0 Å². The summed E-state index contributed by atoms with van der Waals surface area (Å²) in [5.74, 6) is -0.902. The number of benzene rings is 1. The molecule has 0 unspecified atom stereocenters. The molecule has 1 heterocycles. The molecule has 0 radical (unpaired) electrons. The molecule has 0 amide bonds. The number of anilines is 1. The summed E-state index contributed by atoms with van der Waals surface area (Å²) in [7, 11) is 1.79. The van der Waals surface area contributed by atoms with Crippen LogP contribution in [0.2, 0.25) is 0 Å². The van der Waals surface area contributed by atoms with Crippen molar-refractivity contribution >= 4 is 28.8 Å². The standard InChI is InChI=1S/C18H21NO3S/c1-18(2,11-16(21)22)10-14(20)17-13(19-3)9-15(23-17)12-7-5-4-6-8-12/h4-9,19H,10-11H2,1-3H3,(H,21,22). The number of ketones is 1. The highest BCUT2D eigenvalue weighted by atomic mass is 32.1. The Kier molecular flexibility index (Phi) is 5.21. The van der Waals surface area contributed by atoms with Crippen LogP contribution in [-0.2, 0) is 4.79 Å². The molecule has 1 aromatic heterocycles. The van der Waals surface area contributed by atoms with Gasteiger partial charge in [-0.1, -0.05) is 44.2 Å². The largest absolute Gasteiger partial charge is 0.481 e. The van der Waals surface area contributed by atoms with E-state index in [1.54, 1.807) is 7.05 Å². The van der Waals surface area contributed by atoms with E-state index in [0.717, 1.165) is 16.1 Å². The highest BCUT2D eigenvalue weighted by Crippen LogP contribution is 2.37. The number of carbonyl (C=O) groups excluding carboxylic acids is 1. The van der Waals surface area contributed by atoms with Crippen molar-refractivity contribution in [2.45, 2.75) is 26.7 Å². The third-order valence-electron chi connectivity index (χ3n) is 3.58. The molecule has 0 fully saturated rings. The second-order valence-electron chi connectivity index (χ2n) is 6.30. The maximum absolute atomic E-state index is 12.6. The van der Waals surface area contributed by atoms with Gasteiger partial charge in [0.05, 0.1) is 17.0 Å². The molecule has 0 aliphatic rings. The van der Waals surface area contributed by atoms with Gasteiger partial charge in [-0.2, -0.15) is 0 Å². The van der Waals surface area contributed by atoms with Crippen LogP contribution in [-0.4, -0.2) is 23.9 Å². The van der Waals surface area contributed by atoms with Crippen molar-refractivity contribution in [3.05, 3.63) is 41.3 Å². The number of nitrogens with one attached hydrogen (secondary N) is 1. The summed E-state index contributed by atoms with van der Waals surface area (Å²) < 4.78 is 0. The predicted octanol–water partition coefficient (Wildman–Crippen LogP) is 4.53. The average Bonchev–Trinajstić information content (AvgIpc) is 2.90. The summed E-state index contributed by atoms with van der Waals surface area (Å²) in [5.41, 5.74) is 1.30. The van der Waals surface area contributed by atoms with Gasteiger partial charge < -0.3 is 10.4 Å². The minimum absolute atomic E-state index is 0.0206. The third-order valence-corrected chi connectivity index (χ3v) is 4.81. The van der Waals surface area contributed by atoms with E-state index in [2.05, 4.69) is 5.32 Å². The van der Waals surface area contributed by atoms with Crippen LogP contribution >= 0.6 is 11.3 Å². The molecule has 0 saturated carbocycles. The molecule has 2 rings (SSSR count). The molecule has 0 spiro atoms. The predicted molar refractivity (Wildman–Crippen MR) is 94.3 cm³/mol. The lowest BCUT2D eigenvalue weighted by molar-refractivity contribution is -0.139. The molecule has 1 aromatic carbocycles. The number of thiophene rings is 1. The lowest BCUT2D eigenvalue weighted by Gasteiger charge is -2.21. The summed E-state index contributed by atoms with van der Waals surface area (Å²) in [6, 6.07) is 11.9. The average molecular weight is 331 g/mol. The summed E-state index contributed by atoms with van der Waals surface area (Å²) in [6.45, 7) is 3.62. The molecule has 5 heteroatoms. The molecule has 0 bridgehead atoms. The Morgan fingerprint density at radius 3 is 2.39 bits per heavy atom. The fourth-order valence-corrected chi connectivity index (χ4v) is 3.62. The van der Waals surface area contributed by atoms with Crippen LogP contribution in [0.15, 0.2) is 36.4 Å². The third kappa shape index (κ3) is 4.42. The van der Waals surface area contributed by atoms with Gasteiger partial charge in [-0.15, -0.1) is 11.3 Å².